The first-order valence-corrected chi connectivity index (χ1v) is 12.8. The molecule has 1 aromatic heterocycles. The van der Waals surface area contributed by atoms with Gasteiger partial charge in [0, 0.05) is 42.0 Å². The summed E-state index contributed by atoms with van der Waals surface area (Å²) >= 11 is 12.4. The summed E-state index contributed by atoms with van der Waals surface area (Å²) in [5.74, 6) is -0.0477. The Balaban J connectivity index is 1.45. The monoisotopic (exact) mass is 533 g/mol. The normalized spacial score (nSPS) is 15.6. The van der Waals surface area contributed by atoms with Crippen molar-refractivity contribution in [3.63, 3.8) is 0 Å². The van der Waals surface area contributed by atoms with Gasteiger partial charge in [-0.3, -0.25) is 14.4 Å². The number of nitrogens with zero attached hydrogens (tertiary/aromatic N) is 3. The molecule has 3 N–H and O–H groups in total. The van der Waals surface area contributed by atoms with Crippen molar-refractivity contribution in [2.75, 3.05) is 31.9 Å². The molecule has 0 saturated carbocycles. The zero-order valence-corrected chi connectivity index (χ0v) is 21.8. The van der Waals surface area contributed by atoms with Crippen LogP contribution in [0.25, 0.3) is 11.1 Å². The summed E-state index contributed by atoms with van der Waals surface area (Å²) in [7, 11) is 0. The highest BCUT2D eigenvalue weighted by Crippen LogP contribution is 2.37. The zero-order valence-electron chi connectivity index (χ0n) is 20.3. The predicted molar refractivity (Wildman–Crippen MR) is 141 cm³/mol. The molecular weight excluding hydrogens is 504 g/mol. The molecule has 7 nitrogen and oxygen atoms in total. The molecule has 1 amide bonds. The van der Waals surface area contributed by atoms with Gasteiger partial charge in [0.05, 0.1) is 29.5 Å². The lowest BCUT2D eigenvalue weighted by Crippen LogP contribution is -2.41. The molecule has 0 aliphatic carbocycles. The van der Waals surface area contributed by atoms with Gasteiger partial charge in [-0.1, -0.05) is 29.3 Å². The fourth-order valence-corrected chi connectivity index (χ4v) is 5.14. The number of amides is 1. The largest absolute Gasteiger partial charge is 0.484 e. The molecule has 0 spiro atoms. The number of benzene rings is 2. The number of nitrogens with two attached hydrogens (primary N) is 1. The van der Waals surface area contributed by atoms with Crippen LogP contribution < -0.4 is 15.8 Å². The SMILES string of the molecule is CCNC(=O)CN1CCC(n2cc(-c3ccc(N)c(OC(C)c4c(Cl)ccc(F)c4Cl)c3)cn2)CC1. The second-order valence-corrected chi connectivity index (χ2v) is 9.72. The van der Waals surface area contributed by atoms with Crippen LogP contribution in [0.2, 0.25) is 10.0 Å². The number of ether oxygens (including phenoxy) is 1. The van der Waals surface area contributed by atoms with Gasteiger partial charge in [-0.2, -0.15) is 5.10 Å². The highest BCUT2D eigenvalue weighted by atomic mass is 35.5. The first-order chi connectivity index (χ1) is 17.3. The highest BCUT2D eigenvalue weighted by molar-refractivity contribution is 6.36. The first kappa shape index (κ1) is 26.3. The minimum Gasteiger partial charge on any atom is -0.484 e. The molecule has 10 heteroatoms. The maximum absolute atomic E-state index is 14.0. The van der Waals surface area contributed by atoms with Crippen LogP contribution in [0, 0.1) is 5.82 Å². The second kappa shape index (κ2) is 11.5. The number of carbonyl (C=O) groups is 1. The van der Waals surface area contributed by atoms with Crippen molar-refractivity contribution in [1.29, 1.82) is 0 Å². The molecule has 1 unspecified atom stereocenters. The van der Waals surface area contributed by atoms with E-state index in [2.05, 4.69) is 15.3 Å². The Bertz CT molecular complexity index is 1230. The first-order valence-electron chi connectivity index (χ1n) is 12.0. The van der Waals surface area contributed by atoms with Crippen LogP contribution in [0.15, 0.2) is 42.7 Å². The van der Waals surface area contributed by atoms with Crippen molar-refractivity contribution in [1.82, 2.24) is 20.0 Å². The van der Waals surface area contributed by atoms with E-state index in [-0.39, 0.29) is 17.0 Å². The number of carbonyl (C=O) groups excluding carboxylic acids is 1. The predicted octanol–water partition coefficient (Wildman–Crippen LogP) is 5.49. The van der Waals surface area contributed by atoms with Gasteiger partial charge in [0.2, 0.25) is 5.91 Å². The van der Waals surface area contributed by atoms with Crippen LogP contribution in [0.5, 0.6) is 5.75 Å². The van der Waals surface area contributed by atoms with E-state index in [9.17, 15) is 9.18 Å². The van der Waals surface area contributed by atoms with E-state index in [1.54, 1.807) is 13.0 Å². The fourth-order valence-electron chi connectivity index (χ4n) is 4.47. The van der Waals surface area contributed by atoms with Gasteiger partial charge in [-0.25, -0.2) is 4.39 Å². The van der Waals surface area contributed by atoms with Crippen LogP contribution in [-0.2, 0) is 4.79 Å². The molecule has 1 saturated heterocycles. The van der Waals surface area contributed by atoms with E-state index in [4.69, 9.17) is 33.7 Å². The van der Waals surface area contributed by atoms with Crippen molar-refractivity contribution in [2.45, 2.75) is 38.8 Å². The number of piperidine rings is 1. The van der Waals surface area contributed by atoms with Crippen molar-refractivity contribution in [3.05, 3.63) is 64.2 Å². The van der Waals surface area contributed by atoms with Crippen LogP contribution in [0.1, 0.15) is 44.4 Å². The van der Waals surface area contributed by atoms with Crippen LogP contribution in [0.3, 0.4) is 0 Å². The van der Waals surface area contributed by atoms with E-state index >= 15 is 0 Å². The summed E-state index contributed by atoms with van der Waals surface area (Å²) in [6.07, 6.45) is 5.06. The summed E-state index contributed by atoms with van der Waals surface area (Å²) in [5, 5.41) is 7.70. The maximum Gasteiger partial charge on any atom is 0.234 e. The minimum absolute atomic E-state index is 0.0648. The minimum atomic E-state index is -0.620. The van der Waals surface area contributed by atoms with Gasteiger partial charge in [0.1, 0.15) is 17.7 Å². The molecule has 2 aromatic carbocycles. The zero-order chi connectivity index (χ0) is 25.8. The molecule has 1 fully saturated rings. The Labute approximate surface area is 220 Å². The third-order valence-electron chi connectivity index (χ3n) is 6.41. The Morgan fingerprint density at radius 3 is 2.72 bits per heavy atom. The molecule has 4 rings (SSSR count). The van der Waals surface area contributed by atoms with E-state index in [0.29, 0.717) is 35.1 Å². The average Bonchev–Trinajstić information content (AvgIpc) is 3.34. The summed E-state index contributed by atoms with van der Waals surface area (Å²) < 4.78 is 22.0. The Morgan fingerprint density at radius 2 is 2.00 bits per heavy atom. The van der Waals surface area contributed by atoms with Gasteiger partial charge < -0.3 is 15.8 Å². The van der Waals surface area contributed by atoms with Crippen LogP contribution in [-0.4, -0.2) is 46.8 Å². The van der Waals surface area contributed by atoms with Crippen molar-refractivity contribution < 1.29 is 13.9 Å². The van der Waals surface area contributed by atoms with Crippen molar-refractivity contribution in [2.24, 2.45) is 0 Å². The number of hydrogen-bond acceptors (Lipinski definition) is 5. The van der Waals surface area contributed by atoms with Gasteiger partial charge in [-0.05, 0) is 56.5 Å². The number of anilines is 1. The topological polar surface area (TPSA) is 85.4 Å². The third kappa shape index (κ3) is 5.94. The van der Waals surface area contributed by atoms with Crippen molar-refractivity contribution >= 4 is 34.8 Å². The van der Waals surface area contributed by atoms with Gasteiger partial charge in [0.15, 0.2) is 0 Å². The van der Waals surface area contributed by atoms with E-state index < -0.39 is 11.9 Å². The number of nitrogens with one attached hydrogen (secondary N) is 1. The Morgan fingerprint density at radius 1 is 1.25 bits per heavy atom. The number of rotatable bonds is 8. The summed E-state index contributed by atoms with van der Waals surface area (Å²) in [5.41, 5.74) is 8.81. The van der Waals surface area contributed by atoms with Gasteiger partial charge in [-0.15, -0.1) is 0 Å². The van der Waals surface area contributed by atoms with E-state index in [0.717, 1.165) is 37.1 Å². The lowest BCUT2D eigenvalue weighted by atomic mass is 10.0. The Kier molecular flexibility index (Phi) is 8.39. The molecule has 192 valence electrons. The molecule has 1 aliphatic heterocycles. The standard InChI is InChI=1S/C26H30Cl2FN5O2/c1-3-31-24(35)15-33-10-8-19(9-11-33)34-14-18(13-32-34)17-4-7-22(30)23(12-17)36-16(2)25-20(27)5-6-21(29)26(25)28/h4-7,12-14,16,19H,3,8-11,15,30H2,1-2H3,(H,31,35). The molecule has 2 heterocycles. The number of nitrogen functional groups attached to an aromatic ring is 1. The molecule has 1 atom stereocenters. The van der Waals surface area contributed by atoms with Crippen LogP contribution >= 0.6 is 23.2 Å². The molecule has 1 aliphatic rings. The summed E-state index contributed by atoms with van der Waals surface area (Å²) in [4.78, 5) is 14.0. The lowest BCUT2D eigenvalue weighted by molar-refractivity contribution is -0.122. The van der Waals surface area contributed by atoms with E-state index in [1.807, 2.05) is 36.1 Å². The molecule has 3 aromatic rings. The second-order valence-electron chi connectivity index (χ2n) is 8.94. The molecule has 0 radical (unpaired) electrons. The van der Waals surface area contributed by atoms with Gasteiger partial charge >= 0.3 is 0 Å². The third-order valence-corrected chi connectivity index (χ3v) is 7.12. The summed E-state index contributed by atoms with van der Waals surface area (Å²) in [6.45, 7) is 6.44. The molecule has 0 bridgehead atoms. The van der Waals surface area contributed by atoms with Gasteiger partial charge in [0.25, 0.3) is 0 Å². The average molecular weight is 534 g/mol. The van der Waals surface area contributed by atoms with E-state index in [1.165, 1.54) is 12.1 Å². The Hall–Kier alpha value is -2.81. The quantitative estimate of drug-likeness (QED) is 0.295. The number of halogens is 3. The molecule has 36 heavy (non-hydrogen) atoms. The highest BCUT2D eigenvalue weighted by Gasteiger charge is 2.23. The number of hydrogen-bond donors (Lipinski definition) is 2. The fraction of sp³-hybridized carbons (Fsp3) is 0.385. The van der Waals surface area contributed by atoms with Crippen LogP contribution in [0.4, 0.5) is 10.1 Å². The molecular formula is C26H30Cl2FN5O2. The number of likely N-dealkylation sites (tertiary alicyclic amines) is 1. The maximum atomic E-state index is 14.0. The summed E-state index contributed by atoms with van der Waals surface area (Å²) in [6, 6.07) is 8.46. The number of likely N-dealkylation sites (N-methyl/N-ethyl adjacent to an activating group) is 1. The van der Waals surface area contributed by atoms with Crippen molar-refractivity contribution in [3.8, 4) is 16.9 Å². The lowest BCUT2D eigenvalue weighted by Gasteiger charge is -2.31. The smallest absolute Gasteiger partial charge is 0.234 e. The number of aromatic nitrogens is 2.